The molecule has 0 spiro atoms. The van der Waals surface area contributed by atoms with Crippen molar-refractivity contribution in [1.29, 1.82) is 0 Å². The number of nitrogens with zero attached hydrogens (tertiary/aromatic N) is 3. The highest BCUT2D eigenvalue weighted by molar-refractivity contribution is 9.10. The summed E-state index contributed by atoms with van der Waals surface area (Å²) in [6, 6.07) is 15.1. The van der Waals surface area contributed by atoms with Gasteiger partial charge in [0, 0.05) is 24.3 Å². The highest BCUT2D eigenvalue weighted by Gasteiger charge is 2.19. The van der Waals surface area contributed by atoms with Crippen LogP contribution in [-0.4, -0.2) is 42.1 Å². The molecule has 6 nitrogen and oxygen atoms in total. The van der Waals surface area contributed by atoms with Gasteiger partial charge in [-0.15, -0.1) is 0 Å². The van der Waals surface area contributed by atoms with Crippen molar-refractivity contribution in [2.75, 3.05) is 13.3 Å². The fourth-order valence-corrected chi connectivity index (χ4v) is 3.97. The number of halogens is 1. The Morgan fingerprint density at radius 1 is 1.15 bits per heavy atom. The fraction of sp³-hybridized carbons (Fsp3) is 0.263. The molecule has 0 aliphatic rings. The van der Waals surface area contributed by atoms with Gasteiger partial charge < -0.3 is 9.47 Å². The maximum atomic E-state index is 12.8. The minimum Gasteiger partial charge on any atom is -0.340 e. The fourth-order valence-electron chi connectivity index (χ4n) is 2.87. The van der Waals surface area contributed by atoms with Gasteiger partial charge in [0.15, 0.2) is 9.84 Å². The Kier molecular flexibility index (Phi) is 5.67. The van der Waals surface area contributed by atoms with Gasteiger partial charge in [-0.2, -0.15) is 0 Å². The van der Waals surface area contributed by atoms with Gasteiger partial charge in [0.1, 0.15) is 18.1 Å². The molecule has 3 aromatic rings. The third kappa shape index (κ3) is 4.75. The second-order valence-corrected chi connectivity index (χ2v) is 9.51. The Morgan fingerprint density at radius 3 is 2.52 bits per heavy atom. The highest BCUT2D eigenvalue weighted by Crippen LogP contribution is 2.20. The minimum atomic E-state index is -3.27. The summed E-state index contributed by atoms with van der Waals surface area (Å²) in [6.45, 7) is 0.487. The molecular formula is C19H20BrN3O3S. The van der Waals surface area contributed by atoms with Gasteiger partial charge in [0.2, 0.25) is 5.91 Å². The van der Waals surface area contributed by atoms with Crippen LogP contribution in [0.25, 0.3) is 11.0 Å². The van der Waals surface area contributed by atoms with Gasteiger partial charge >= 0.3 is 0 Å². The van der Waals surface area contributed by atoms with Crippen molar-refractivity contribution in [1.82, 2.24) is 14.5 Å². The first-order chi connectivity index (χ1) is 12.7. The van der Waals surface area contributed by atoms with Crippen LogP contribution in [0.15, 0.2) is 53.0 Å². The van der Waals surface area contributed by atoms with E-state index in [4.69, 9.17) is 0 Å². The summed E-state index contributed by atoms with van der Waals surface area (Å²) < 4.78 is 26.2. The predicted molar refractivity (Wildman–Crippen MR) is 109 cm³/mol. The maximum absolute atomic E-state index is 12.8. The average molecular weight is 450 g/mol. The Hall–Kier alpha value is -2.19. The van der Waals surface area contributed by atoms with E-state index in [-0.39, 0.29) is 18.2 Å². The molecule has 0 unspecified atom stereocenters. The number of hydrogen-bond acceptors (Lipinski definition) is 4. The van der Waals surface area contributed by atoms with E-state index >= 15 is 0 Å². The van der Waals surface area contributed by atoms with Crippen molar-refractivity contribution in [3.8, 4) is 0 Å². The van der Waals surface area contributed by atoms with Crippen molar-refractivity contribution >= 4 is 42.7 Å². The molecular weight excluding hydrogens is 430 g/mol. The number of rotatable bonds is 6. The lowest BCUT2D eigenvalue weighted by atomic mass is 10.2. The zero-order valence-electron chi connectivity index (χ0n) is 15.1. The van der Waals surface area contributed by atoms with Crippen molar-refractivity contribution in [2.24, 2.45) is 0 Å². The average Bonchev–Trinajstić information content (AvgIpc) is 2.92. The molecule has 2 aromatic carbocycles. The molecule has 0 bridgehead atoms. The first kappa shape index (κ1) is 19.6. The molecule has 3 rings (SSSR count). The van der Waals surface area contributed by atoms with Crippen molar-refractivity contribution in [3.63, 3.8) is 0 Å². The Bertz CT molecular complexity index is 1090. The molecule has 0 aliphatic carbocycles. The summed E-state index contributed by atoms with van der Waals surface area (Å²) in [7, 11) is -1.54. The molecule has 0 radical (unpaired) electrons. The molecule has 0 aliphatic heterocycles. The van der Waals surface area contributed by atoms with Crippen LogP contribution in [0.4, 0.5) is 0 Å². The third-order valence-electron chi connectivity index (χ3n) is 4.21. The molecule has 0 fully saturated rings. The van der Waals surface area contributed by atoms with Crippen molar-refractivity contribution < 1.29 is 13.2 Å². The molecule has 0 atom stereocenters. The molecule has 0 saturated carbocycles. The maximum Gasteiger partial charge on any atom is 0.242 e. The van der Waals surface area contributed by atoms with E-state index in [0.29, 0.717) is 17.9 Å². The van der Waals surface area contributed by atoms with Gasteiger partial charge in [-0.05, 0) is 23.8 Å². The Morgan fingerprint density at radius 2 is 1.81 bits per heavy atom. The van der Waals surface area contributed by atoms with Gasteiger partial charge in [-0.3, -0.25) is 4.79 Å². The molecule has 1 amide bonds. The van der Waals surface area contributed by atoms with Crippen LogP contribution in [0.1, 0.15) is 11.4 Å². The quantitative estimate of drug-likeness (QED) is 0.579. The lowest BCUT2D eigenvalue weighted by Gasteiger charge is -2.19. The van der Waals surface area contributed by atoms with E-state index in [0.717, 1.165) is 21.8 Å². The van der Waals surface area contributed by atoms with Crippen molar-refractivity contribution in [2.45, 2.75) is 18.8 Å². The van der Waals surface area contributed by atoms with Crippen LogP contribution < -0.4 is 0 Å². The molecule has 27 heavy (non-hydrogen) atoms. The van der Waals surface area contributed by atoms with Crippen LogP contribution in [0.3, 0.4) is 0 Å². The second kappa shape index (κ2) is 7.82. The normalized spacial score (nSPS) is 11.7. The predicted octanol–water partition coefficient (Wildman–Crippen LogP) is 3.00. The van der Waals surface area contributed by atoms with E-state index < -0.39 is 9.84 Å². The SMILES string of the molecule is CN(Cc1ccccc1Br)C(=O)Cn1c(CS(C)(=O)=O)nc2ccccc21. The first-order valence-electron chi connectivity index (χ1n) is 8.34. The monoisotopic (exact) mass is 449 g/mol. The number of carbonyl (C=O) groups excluding carboxylic acids is 1. The number of aromatic nitrogens is 2. The first-order valence-corrected chi connectivity index (χ1v) is 11.2. The number of amides is 1. The lowest BCUT2D eigenvalue weighted by molar-refractivity contribution is -0.131. The number of imidazole rings is 1. The van der Waals surface area contributed by atoms with Crippen molar-refractivity contribution in [3.05, 3.63) is 64.4 Å². The number of likely N-dealkylation sites (N-methyl/N-ethyl adjacent to an activating group) is 1. The number of benzene rings is 2. The summed E-state index contributed by atoms with van der Waals surface area (Å²) in [6.07, 6.45) is 1.16. The summed E-state index contributed by atoms with van der Waals surface area (Å²) in [5.74, 6) is 0.0492. The van der Waals surface area contributed by atoms with Gasteiger partial charge in [0.25, 0.3) is 0 Å². The molecule has 1 aromatic heterocycles. The minimum absolute atomic E-state index is 0.0340. The number of hydrogen-bond donors (Lipinski definition) is 0. The molecule has 0 N–H and O–H groups in total. The zero-order valence-corrected chi connectivity index (χ0v) is 17.5. The lowest BCUT2D eigenvalue weighted by Crippen LogP contribution is -2.30. The van der Waals surface area contributed by atoms with E-state index in [1.54, 1.807) is 16.5 Å². The van der Waals surface area contributed by atoms with E-state index in [9.17, 15) is 13.2 Å². The summed E-state index contributed by atoms with van der Waals surface area (Å²) in [5, 5.41) is 0. The number of sulfone groups is 1. The third-order valence-corrected chi connectivity index (χ3v) is 5.77. The van der Waals surface area contributed by atoms with Crippen LogP contribution in [0.5, 0.6) is 0 Å². The van der Waals surface area contributed by atoms with Gasteiger partial charge in [-0.1, -0.05) is 46.3 Å². The Labute approximate surface area is 166 Å². The highest BCUT2D eigenvalue weighted by atomic mass is 79.9. The largest absolute Gasteiger partial charge is 0.340 e. The molecule has 8 heteroatoms. The van der Waals surface area contributed by atoms with Gasteiger partial charge in [0.05, 0.1) is 11.0 Å². The van der Waals surface area contributed by atoms with Crippen LogP contribution in [0.2, 0.25) is 0 Å². The molecule has 142 valence electrons. The topological polar surface area (TPSA) is 72.3 Å². The molecule has 1 heterocycles. The van der Waals surface area contributed by atoms with E-state index in [1.165, 1.54) is 0 Å². The Balaban J connectivity index is 1.87. The van der Waals surface area contributed by atoms with Crippen LogP contribution in [0, 0.1) is 0 Å². The molecule has 0 saturated heterocycles. The summed E-state index contributed by atoms with van der Waals surface area (Å²) in [4.78, 5) is 18.8. The van der Waals surface area contributed by atoms with Gasteiger partial charge in [-0.25, -0.2) is 13.4 Å². The van der Waals surface area contributed by atoms with E-state index in [1.807, 2.05) is 48.5 Å². The second-order valence-electron chi connectivity index (χ2n) is 6.51. The number of para-hydroxylation sites is 2. The smallest absolute Gasteiger partial charge is 0.242 e. The summed E-state index contributed by atoms with van der Waals surface area (Å²) >= 11 is 3.49. The standard InChI is InChI=1S/C19H20BrN3O3S/c1-22(11-14-7-3-4-8-15(14)20)19(24)12-23-17-10-6-5-9-16(17)21-18(23)13-27(2,25)26/h3-10H,11-13H2,1-2H3. The van der Waals surface area contributed by atoms with Crippen LogP contribution in [-0.2, 0) is 33.5 Å². The number of carbonyl (C=O) groups is 1. The van der Waals surface area contributed by atoms with Crippen LogP contribution >= 0.6 is 15.9 Å². The van der Waals surface area contributed by atoms with E-state index in [2.05, 4.69) is 20.9 Å². The zero-order chi connectivity index (χ0) is 19.6. The number of fused-ring (bicyclic) bond motifs is 1. The summed E-state index contributed by atoms with van der Waals surface area (Å²) in [5.41, 5.74) is 2.43.